The molecule has 1 aromatic carbocycles. The Balaban J connectivity index is 1.86. The number of carbonyl (C=O) groups is 2. The molecule has 2 heterocycles. The van der Waals surface area contributed by atoms with Crippen LogP contribution in [0.4, 0.5) is 0 Å². The van der Waals surface area contributed by atoms with Crippen LogP contribution < -0.4 is 11.1 Å². The first kappa shape index (κ1) is 14.0. The Hall–Kier alpha value is -1.92. The van der Waals surface area contributed by atoms with Crippen LogP contribution in [0.2, 0.25) is 0 Å². The Morgan fingerprint density at radius 3 is 2.90 bits per heavy atom. The summed E-state index contributed by atoms with van der Waals surface area (Å²) in [6, 6.07) is 4.90. The van der Waals surface area contributed by atoms with E-state index < -0.39 is 18.1 Å². The van der Waals surface area contributed by atoms with Crippen LogP contribution in [-0.4, -0.2) is 47.1 Å². The van der Waals surface area contributed by atoms with Crippen LogP contribution in [0.15, 0.2) is 18.2 Å². The molecule has 0 radical (unpaired) electrons. The number of benzene rings is 1. The van der Waals surface area contributed by atoms with Gasteiger partial charge in [0.2, 0.25) is 5.91 Å². The summed E-state index contributed by atoms with van der Waals surface area (Å²) in [6.07, 6.45) is 0.481. The normalized spacial score (nSPS) is 24.7. The second-order valence-electron chi connectivity index (χ2n) is 5.68. The van der Waals surface area contributed by atoms with Gasteiger partial charge >= 0.3 is 0 Å². The topological polar surface area (TPSA) is 95.7 Å². The Labute approximate surface area is 122 Å². The van der Waals surface area contributed by atoms with Gasteiger partial charge in [-0.1, -0.05) is 6.07 Å². The predicted molar refractivity (Wildman–Crippen MR) is 76.5 cm³/mol. The van der Waals surface area contributed by atoms with E-state index in [4.69, 9.17) is 5.73 Å². The minimum Gasteiger partial charge on any atom is -0.391 e. The molecule has 2 aliphatic rings. The molecule has 2 amide bonds. The number of primary amides is 1. The Bertz CT molecular complexity index is 588. The van der Waals surface area contributed by atoms with E-state index in [1.807, 2.05) is 12.1 Å². The molecule has 0 spiro atoms. The van der Waals surface area contributed by atoms with E-state index in [-0.39, 0.29) is 18.9 Å². The molecular weight excluding hydrogens is 270 g/mol. The first-order valence-corrected chi connectivity index (χ1v) is 7.17. The van der Waals surface area contributed by atoms with Crippen LogP contribution in [-0.2, 0) is 17.8 Å². The fourth-order valence-electron chi connectivity index (χ4n) is 3.09. The zero-order chi connectivity index (χ0) is 15.0. The highest BCUT2D eigenvalue weighted by atomic mass is 16.3. The molecule has 0 aromatic heterocycles. The number of hydrogen-bond donors (Lipinski definition) is 3. The van der Waals surface area contributed by atoms with Crippen molar-refractivity contribution in [3.8, 4) is 0 Å². The first-order valence-electron chi connectivity index (χ1n) is 7.17. The van der Waals surface area contributed by atoms with Crippen molar-refractivity contribution in [1.82, 2.24) is 10.2 Å². The molecule has 2 atom stereocenters. The van der Waals surface area contributed by atoms with E-state index >= 15 is 0 Å². The quantitative estimate of drug-likeness (QED) is 0.677. The lowest BCUT2D eigenvalue weighted by atomic mass is 9.98. The molecule has 1 saturated heterocycles. The van der Waals surface area contributed by atoms with Gasteiger partial charge < -0.3 is 21.1 Å². The highest BCUT2D eigenvalue weighted by molar-refractivity contribution is 5.98. The van der Waals surface area contributed by atoms with E-state index in [1.165, 1.54) is 10.5 Å². The summed E-state index contributed by atoms with van der Waals surface area (Å²) in [5, 5.41) is 13.0. The predicted octanol–water partition coefficient (Wildman–Crippen LogP) is -0.607. The van der Waals surface area contributed by atoms with Crippen LogP contribution in [0.3, 0.4) is 0 Å². The van der Waals surface area contributed by atoms with Crippen LogP contribution >= 0.6 is 0 Å². The number of hydrogen-bond acceptors (Lipinski definition) is 4. The maximum atomic E-state index is 12.6. The summed E-state index contributed by atoms with van der Waals surface area (Å²) in [7, 11) is 0. The lowest BCUT2D eigenvalue weighted by Crippen LogP contribution is -2.43. The highest BCUT2D eigenvalue weighted by Gasteiger charge is 2.38. The van der Waals surface area contributed by atoms with E-state index in [9.17, 15) is 14.7 Å². The van der Waals surface area contributed by atoms with Crippen molar-refractivity contribution in [2.24, 2.45) is 5.73 Å². The summed E-state index contributed by atoms with van der Waals surface area (Å²) in [5.74, 6) is -0.816. The number of fused-ring (bicyclic) bond motifs is 1. The third-order valence-corrected chi connectivity index (χ3v) is 4.21. The van der Waals surface area contributed by atoms with Gasteiger partial charge in [-0.2, -0.15) is 0 Å². The van der Waals surface area contributed by atoms with Crippen molar-refractivity contribution < 1.29 is 14.7 Å². The number of likely N-dealkylation sites (tertiary alicyclic amines) is 1. The molecule has 21 heavy (non-hydrogen) atoms. The average Bonchev–Trinajstić information content (AvgIpc) is 2.88. The molecule has 1 aromatic rings. The number of nitrogens with one attached hydrogen (secondary N) is 1. The Kier molecular flexibility index (Phi) is 3.65. The van der Waals surface area contributed by atoms with E-state index in [0.29, 0.717) is 5.56 Å². The van der Waals surface area contributed by atoms with Crippen molar-refractivity contribution >= 4 is 11.8 Å². The maximum absolute atomic E-state index is 12.6. The van der Waals surface area contributed by atoms with Gasteiger partial charge in [-0.15, -0.1) is 0 Å². The second-order valence-corrected chi connectivity index (χ2v) is 5.68. The minimum absolute atomic E-state index is 0.155. The van der Waals surface area contributed by atoms with Gasteiger partial charge in [-0.25, -0.2) is 0 Å². The zero-order valence-electron chi connectivity index (χ0n) is 11.7. The summed E-state index contributed by atoms with van der Waals surface area (Å²) >= 11 is 0. The summed E-state index contributed by atoms with van der Waals surface area (Å²) in [5.41, 5.74) is 8.22. The van der Waals surface area contributed by atoms with Crippen LogP contribution in [0, 0.1) is 0 Å². The molecule has 0 aliphatic carbocycles. The van der Waals surface area contributed by atoms with E-state index in [1.54, 1.807) is 6.07 Å². The molecule has 4 N–H and O–H groups in total. The van der Waals surface area contributed by atoms with Gasteiger partial charge in [-0.05, 0) is 36.2 Å². The molecule has 2 unspecified atom stereocenters. The lowest BCUT2D eigenvalue weighted by molar-refractivity contribution is -0.121. The number of β-amino-alcohol motifs (C(OH)–C–C–N with tert-alkyl or cyclic N) is 1. The van der Waals surface area contributed by atoms with Gasteiger partial charge in [0.05, 0.1) is 6.10 Å². The Morgan fingerprint density at radius 1 is 1.33 bits per heavy atom. The van der Waals surface area contributed by atoms with Gasteiger partial charge in [0, 0.05) is 25.1 Å². The summed E-state index contributed by atoms with van der Waals surface area (Å²) in [6.45, 7) is 1.85. The van der Waals surface area contributed by atoms with Gasteiger partial charge in [0.1, 0.15) is 6.04 Å². The van der Waals surface area contributed by atoms with Crippen molar-refractivity contribution in [1.29, 1.82) is 0 Å². The van der Waals surface area contributed by atoms with Gasteiger partial charge in [-0.3, -0.25) is 9.59 Å². The number of rotatable bonds is 2. The monoisotopic (exact) mass is 289 g/mol. The number of aliphatic hydroxyl groups excluding tert-OH is 1. The van der Waals surface area contributed by atoms with Gasteiger partial charge in [0.15, 0.2) is 0 Å². The molecule has 6 heteroatoms. The smallest absolute Gasteiger partial charge is 0.254 e. The van der Waals surface area contributed by atoms with Crippen molar-refractivity contribution in [3.05, 3.63) is 34.9 Å². The second kappa shape index (κ2) is 5.46. The molecule has 6 nitrogen and oxygen atoms in total. The molecule has 0 bridgehead atoms. The third kappa shape index (κ3) is 2.64. The third-order valence-electron chi connectivity index (χ3n) is 4.21. The van der Waals surface area contributed by atoms with Crippen LogP contribution in [0.1, 0.15) is 27.9 Å². The van der Waals surface area contributed by atoms with E-state index in [2.05, 4.69) is 5.32 Å². The molecule has 3 rings (SSSR count). The fraction of sp³-hybridized carbons (Fsp3) is 0.467. The van der Waals surface area contributed by atoms with Crippen molar-refractivity contribution in [2.45, 2.75) is 31.5 Å². The maximum Gasteiger partial charge on any atom is 0.254 e. The number of nitrogens with two attached hydrogens (primary N) is 1. The Morgan fingerprint density at radius 2 is 2.14 bits per heavy atom. The number of nitrogens with zero attached hydrogens (tertiary/aromatic N) is 1. The number of carbonyl (C=O) groups excluding carboxylic acids is 2. The first-order chi connectivity index (χ1) is 10.1. The van der Waals surface area contributed by atoms with Crippen molar-refractivity contribution in [3.63, 3.8) is 0 Å². The average molecular weight is 289 g/mol. The largest absolute Gasteiger partial charge is 0.391 e. The summed E-state index contributed by atoms with van der Waals surface area (Å²) < 4.78 is 0. The summed E-state index contributed by atoms with van der Waals surface area (Å²) in [4.78, 5) is 25.4. The van der Waals surface area contributed by atoms with Gasteiger partial charge in [0.25, 0.3) is 5.91 Å². The highest BCUT2D eigenvalue weighted by Crippen LogP contribution is 2.22. The number of aliphatic hydroxyl groups is 1. The molecular formula is C15H19N3O3. The molecule has 0 saturated carbocycles. The van der Waals surface area contributed by atoms with E-state index in [0.717, 1.165) is 25.1 Å². The molecule has 112 valence electrons. The van der Waals surface area contributed by atoms with Crippen molar-refractivity contribution in [2.75, 3.05) is 13.1 Å². The minimum atomic E-state index is -0.721. The molecule has 2 aliphatic heterocycles. The zero-order valence-corrected chi connectivity index (χ0v) is 11.7. The standard InChI is InChI=1S/C15H19N3O3/c16-14(20)13-6-12(19)8-18(13)15(21)10-2-1-9-3-4-17-7-11(9)5-10/h1-2,5,12-13,17,19H,3-4,6-8H2,(H2,16,20). The van der Waals surface area contributed by atoms with Crippen LogP contribution in [0.25, 0.3) is 0 Å². The fourth-order valence-corrected chi connectivity index (χ4v) is 3.09. The molecule has 1 fully saturated rings. The van der Waals surface area contributed by atoms with Crippen LogP contribution in [0.5, 0.6) is 0 Å². The number of amides is 2. The SMILES string of the molecule is NC(=O)C1CC(O)CN1C(=O)c1ccc2c(c1)CNCC2. The lowest BCUT2D eigenvalue weighted by Gasteiger charge is -2.23.